The van der Waals surface area contributed by atoms with Gasteiger partial charge in [0.1, 0.15) is 6.04 Å². The molecule has 0 radical (unpaired) electrons. The van der Waals surface area contributed by atoms with Crippen molar-refractivity contribution in [3.63, 3.8) is 0 Å². The fraction of sp³-hybridized carbons (Fsp3) is 0.722. The molecule has 0 saturated carbocycles. The highest BCUT2D eigenvalue weighted by molar-refractivity contribution is 5.99. The first-order chi connectivity index (χ1) is 11.9. The lowest BCUT2D eigenvalue weighted by Crippen LogP contribution is -2.57. The number of nitrogens with one attached hydrogen (secondary N) is 1. The second-order valence-corrected chi connectivity index (χ2v) is 7.44. The molecule has 2 aliphatic rings. The smallest absolute Gasteiger partial charge is 0.250 e. The minimum Gasteiger partial charge on any atom is -0.343 e. The number of likely N-dealkylation sites (tertiary alicyclic amines) is 1. The Balaban J connectivity index is 1.65. The van der Waals surface area contributed by atoms with Crippen LogP contribution in [0.3, 0.4) is 0 Å². The molecule has 7 nitrogen and oxygen atoms in total. The van der Waals surface area contributed by atoms with Gasteiger partial charge in [0.05, 0.1) is 6.04 Å². The molecule has 4 atom stereocenters. The summed E-state index contributed by atoms with van der Waals surface area (Å²) in [6.07, 6.45) is 5.61. The second kappa shape index (κ2) is 7.15. The van der Waals surface area contributed by atoms with E-state index in [1.807, 2.05) is 26.2 Å². The summed E-state index contributed by atoms with van der Waals surface area (Å²) < 4.78 is 1.68. The van der Waals surface area contributed by atoms with E-state index in [1.165, 1.54) is 0 Å². The third-order valence-electron chi connectivity index (χ3n) is 5.58. The number of nitrogens with zero attached hydrogens (tertiary/aromatic N) is 4. The zero-order valence-electron chi connectivity index (χ0n) is 15.6. The molecule has 2 aliphatic heterocycles. The Morgan fingerprint density at radius 2 is 1.96 bits per heavy atom. The molecule has 1 N–H and O–H groups in total. The summed E-state index contributed by atoms with van der Waals surface area (Å²) >= 11 is 0. The van der Waals surface area contributed by atoms with Crippen molar-refractivity contribution in [1.82, 2.24) is 20.0 Å². The summed E-state index contributed by atoms with van der Waals surface area (Å²) in [6, 6.07) is 1.97. The maximum absolute atomic E-state index is 12.8. The predicted molar refractivity (Wildman–Crippen MR) is 96.2 cm³/mol. The van der Waals surface area contributed by atoms with E-state index in [9.17, 15) is 9.59 Å². The van der Waals surface area contributed by atoms with Gasteiger partial charge in [-0.2, -0.15) is 5.10 Å². The van der Waals surface area contributed by atoms with Gasteiger partial charge >= 0.3 is 0 Å². The van der Waals surface area contributed by atoms with Crippen molar-refractivity contribution < 1.29 is 9.59 Å². The normalized spacial score (nSPS) is 29.0. The summed E-state index contributed by atoms with van der Waals surface area (Å²) in [5.41, 5.74) is 0. The summed E-state index contributed by atoms with van der Waals surface area (Å²) in [5.74, 6) is 0.538. The Labute approximate surface area is 149 Å². The number of amides is 2. The quantitative estimate of drug-likeness (QED) is 0.891. The lowest BCUT2D eigenvalue weighted by molar-refractivity contribution is -0.132. The molecule has 0 aliphatic carbocycles. The van der Waals surface area contributed by atoms with Crippen LogP contribution in [0.25, 0.3) is 0 Å². The van der Waals surface area contributed by atoms with E-state index in [1.54, 1.807) is 9.58 Å². The molecular weight excluding hydrogens is 318 g/mol. The Kier molecular flexibility index (Phi) is 5.13. The van der Waals surface area contributed by atoms with E-state index in [-0.39, 0.29) is 17.9 Å². The molecular formula is C18H29N5O2. The highest BCUT2D eigenvalue weighted by Gasteiger charge is 2.37. The number of aryl methyl sites for hydroxylation is 1. The molecule has 1 aromatic rings. The van der Waals surface area contributed by atoms with Gasteiger partial charge in [-0.1, -0.05) is 0 Å². The second-order valence-electron chi connectivity index (χ2n) is 7.44. The number of rotatable bonds is 4. The van der Waals surface area contributed by atoms with Crippen LogP contribution in [0.4, 0.5) is 5.82 Å². The van der Waals surface area contributed by atoms with E-state index in [4.69, 9.17) is 0 Å². The fourth-order valence-corrected chi connectivity index (χ4v) is 4.19. The highest BCUT2D eigenvalue weighted by atomic mass is 16.2. The number of piperidine rings is 1. The lowest BCUT2D eigenvalue weighted by Gasteiger charge is -2.35. The number of carbonyl (C=O) groups is 2. The van der Waals surface area contributed by atoms with Gasteiger partial charge in [0.15, 0.2) is 5.82 Å². The Morgan fingerprint density at radius 3 is 2.56 bits per heavy atom. The van der Waals surface area contributed by atoms with Crippen molar-refractivity contribution >= 4 is 17.6 Å². The van der Waals surface area contributed by atoms with Crippen LogP contribution in [0, 0.1) is 0 Å². The number of hydrogen-bond acceptors (Lipinski definition) is 4. The van der Waals surface area contributed by atoms with Gasteiger partial charge in [0.2, 0.25) is 5.91 Å². The SMILES string of the molecule is C[C@@H]1CC[C@H](C)N1[C@H](C)C(=O)N[C@H]1CCCN(c2ccn(C)n2)C1=O. The first-order valence-corrected chi connectivity index (χ1v) is 9.27. The van der Waals surface area contributed by atoms with E-state index in [0.717, 1.165) is 19.3 Å². The van der Waals surface area contributed by atoms with Crippen molar-refractivity contribution in [2.75, 3.05) is 11.4 Å². The molecule has 0 spiro atoms. The molecule has 138 valence electrons. The van der Waals surface area contributed by atoms with Crippen molar-refractivity contribution in [3.8, 4) is 0 Å². The number of anilines is 1. The van der Waals surface area contributed by atoms with Crippen LogP contribution in [-0.2, 0) is 16.6 Å². The average Bonchev–Trinajstić information content (AvgIpc) is 3.14. The first-order valence-electron chi connectivity index (χ1n) is 9.27. The van der Waals surface area contributed by atoms with Gasteiger partial charge in [-0.15, -0.1) is 0 Å². The van der Waals surface area contributed by atoms with Gasteiger partial charge < -0.3 is 5.32 Å². The van der Waals surface area contributed by atoms with Crippen LogP contribution < -0.4 is 10.2 Å². The summed E-state index contributed by atoms with van der Waals surface area (Å²) in [7, 11) is 1.83. The third-order valence-corrected chi connectivity index (χ3v) is 5.58. The predicted octanol–water partition coefficient (Wildman–Crippen LogP) is 1.29. The molecule has 2 amide bonds. The zero-order valence-corrected chi connectivity index (χ0v) is 15.6. The van der Waals surface area contributed by atoms with E-state index in [0.29, 0.717) is 30.9 Å². The monoisotopic (exact) mass is 347 g/mol. The van der Waals surface area contributed by atoms with Crippen molar-refractivity contribution in [1.29, 1.82) is 0 Å². The molecule has 7 heteroatoms. The largest absolute Gasteiger partial charge is 0.343 e. The van der Waals surface area contributed by atoms with Crippen LogP contribution in [0.15, 0.2) is 12.3 Å². The number of aromatic nitrogens is 2. The minimum atomic E-state index is -0.459. The maximum Gasteiger partial charge on any atom is 0.250 e. The Hall–Kier alpha value is -1.89. The number of carbonyl (C=O) groups excluding carboxylic acids is 2. The maximum atomic E-state index is 12.8. The van der Waals surface area contributed by atoms with Crippen LogP contribution in [0.5, 0.6) is 0 Å². The van der Waals surface area contributed by atoms with E-state index < -0.39 is 6.04 Å². The fourth-order valence-electron chi connectivity index (χ4n) is 4.19. The molecule has 2 fully saturated rings. The van der Waals surface area contributed by atoms with E-state index >= 15 is 0 Å². The standard InChI is InChI=1S/C18H29N5O2/c1-12-7-8-13(2)23(12)14(3)17(24)19-15-6-5-10-22(18(15)25)16-9-11-21(4)20-16/h9,11-15H,5-8,10H2,1-4H3,(H,19,24)/t12-,13+,14-,15+/m1/s1. The molecule has 3 heterocycles. The lowest BCUT2D eigenvalue weighted by atomic mass is 10.0. The van der Waals surface area contributed by atoms with Crippen molar-refractivity contribution in [2.24, 2.45) is 7.05 Å². The highest BCUT2D eigenvalue weighted by Crippen LogP contribution is 2.26. The van der Waals surface area contributed by atoms with Gasteiger partial charge in [0, 0.05) is 37.9 Å². The van der Waals surface area contributed by atoms with Gasteiger partial charge in [-0.05, 0) is 46.5 Å². The molecule has 1 aromatic heterocycles. The van der Waals surface area contributed by atoms with Gasteiger partial charge in [-0.3, -0.25) is 24.1 Å². The van der Waals surface area contributed by atoms with Crippen LogP contribution >= 0.6 is 0 Å². The number of hydrogen-bond donors (Lipinski definition) is 1. The molecule has 2 saturated heterocycles. The molecule has 0 unspecified atom stereocenters. The molecule has 25 heavy (non-hydrogen) atoms. The van der Waals surface area contributed by atoms with Gasteiger partial charge in [0.25, 0.3) is 5.91 Å². The first kappa shape index (κ1) is 17.9. The Morgan fingerprint density at radius 1 is 1.28 bits per heavy atom. The van der Waals surface area contributed by atoms with Crippen molar-refractivity contribution in [3.05, 3.63) is 12.3 Å². The van der Waals surface area contributed by atoms with E-state index in [2.05, 4.69) is 29.2 Å². The third kappa shape index (κ3) is 3.56. The van der Waals surface area contributed by atoms with Crippen LogP contribution in [0.1, 0.15) is 46.5 Å². The average molecular weight is 347 g/mol. The molecule has 0 aromatic carbocycles. The van der Waals surface area contributed by atoms with Crippen LogP contribution in [0.2, 0.25) is 0 Å². The summed E-state index contributed by atoms with van der Waals surface area (Å²) in [5, 5.41) is 7.30. The van der Waals surface area contributed by atoms with Crippen molar-refractivity contribution in [2.45, 2.75) is 70.6 Å². The molecule has 3 rings (SSSR count). The summed E-state index contributed by atoms with van der Waals surface area (Å²) in [4.78, 5) is 29.5. The van der Waals surface area contributed by atoms with Crippen LogP contribution in [-0.4, -0.2) is 57.2 Å². The molecule has 0 bridgehead atoms. The Bertz CT molecular complexity index is 633. The topological polar surface area (TPSA) is 70.5 Å². The van der Waals surface area contributed by atoms with Gasteiger partial charge in [-0.25, -0.2) is 0 Å². The summed E-state index contributed by atoms with van der Waals surface area (Å²) in [6.45, 7) is 6.93. The zero-order chi connectivity index (χ0) is 18.1. The minimum absolute atomic E-state index is 0.0539.